The smallest absolute Gasteiger partial charge is 0.339 e. The number of hydrogen-bond acceptors (Lipinski definition) is 3. The first-order valence-electron chi connectivity index (χ1n) is 7.55. The molecule has 3 aromatic rings. The molecule has 0 radical (unpaired) electrons. The molecule has 0 saturated heterocycles. The van der Waals surface area contributed by atoms with Crippen LogP contribution in [0.15, 0.2) is 66.7 Å². The molecular weight excluding hydrogens is 288 g/mol. The maximum absolute atomic E-state index is 12.7. The third-order valence-electron chi connectivity index (χ3n) is 4.24. The molecule has 3 heteroatoms. The predicted molar refractivity (Wildman–Crippen MR) is 87.5 cm³/mol. The lowest BCUT2D eigenvalue weighted by atomic mass is 9.95. The van der Waals surface area contributed by atoms with Gasteiger partial charge in [-0.1, -0.05) is 60.7 Å². The quantitative estimate of drug-likeness (QED) is 0.534. The van der Waals surface area contributed by atoms with E-state index in [1.807, 2.05) is 54.6 Å². The maximum Gasteiger partial charge on any atom is 0.339 e. The first kappa shape index (κ1) is 13.7. The van der Waals surface area contributed by atoms with Crippen LogP contribution in [0.3, 0.4) is 0 Å². The van der Waals surface area contributed by atoms with Gasteiger partial charge in [0.2, 0.25) is 0 Å². The molecule has 1 atom stereocenters. The van der Waals surface area contributed by atoms with Crippen molar-refractivity contribution in [1.82, 2.24) is 0 Å². The number of carbonyl (C=O) groups excluding carboxylic acids is 2. The molecule has 112 valence electrons. The van der Waals surface area contributed by atoms with Crippen LogP contribution in [-0.2, 0) is 4.74 Å². The normalized spacial score (nSPS) is 16.2. The summed E-state index contributed by atoms with van der Waals surface area (Å²) < 4.78 is 5.38. The van der Waals surface area contributed by atoms with E-state index in [0.29, 0.717) is 11.1 Å². The number of Topliss-reactive ketones (excluding diaryl/α,β-unsaturated/α-hetero) is 1. The zero-order valence-electron chi connectivity index (χ0n) is 12.4. The number of ketones is 1. The van der Waals surface area contributed by atoms with E-state index in [1.165, 1.54) is 0 Å². The molecule has 0 aliphatic carbocycles. The van der Waals surface area contributed by atoms with E-state index >= 15 is 0 Å². The highest BCUT2D eigenvalue weighted by molar-refractivity contribution is 6.08. The summed E-state index contributed by atoms with van der Waals surface area (Å²) in [6, 6.07) is 20.7. The van der Waals surface area contributed by atoms with E-state index in [4.69, 9.17) is 4.74 Å². The summed E-state index contributed by atoms with van der Waals surface area (Å²) >= 11 is 0. The fraction of sp³-hybridized carbons (Fsp3) is 0.100. The zero-order valence-corrected chi connectivity index (χ0v) is 12.4. The first-order valence-corrected chi connectivity index (χ1v) is 7.55. The first-order chi connectivity index (χ1) is 11.2. The lowest BCUT2D eigenvalue weighted by Crippen LogP contribution is -2.08. The van der Waals surface area contributed by atoms with Crippen molar-refractivity contribution in [3.63, 3.8) is 0 Å². The molecule has 0 saturated carbocycles. The summed E-state index contributed by atoms with van der Waals surface area (Å²) in [5.74, 6) is -0.368. The molecule has 1 unspecified atom stereocenters. The van der Waals surface area contributed by atoms with Crippen molar-refractivity contribution < 1.29 is 14.3 Å². The summed E-state index contributed by atoms with van der Waals surface area (Å²) in [4.78, 5) is 24.6. The van der Waals surface area contributed by atoms with Crippen LogP contribution < -0.4 is 0 Å². The van der Waals surface area contributed by atoms with Crippen molar-refractivity contribution in [3.05, 3.63) is 83.4 Å². The number of ether oxygens (including phenoxy) is 1. The minimum Gasteiger partial charge on any atom is -0.453 e. The molecule has 0 N–H and O–H groups in total. The Labute approximate surface area is 133 Å². The molecule has 0 spiro atoms. The fourth-order valence-corrected chi connectivity index (χ4v) is 3.12. The molecule has 0 amide bonds. The Morgan fingerprint density at radius 2 is 1.65 bits per heavy atom. The van der Waals surface area contributed by atoms with Gasteiger partial charge in [0.05, 0.1) is 12.0 Å². The zero-order chi connectivity index (χ0) is 15.8. The standard InChI is InChI=1S/C20H14O3/c21-18(15-11-5-7-13-6-1-2-8-14(13)15)12-19-16-9-3-4-10-17(16)20(22)23-19/h1-11,19H,12H2. The highest BCUT2D eigenvalue weighted by Gasteiger charge is 2.32. The highest BCUT2D eigenvalue weighted by Crippen LogP contribution is 2.34. The van der Waals surface area contributed by atoms with Crippen LogP contribution in [-0.4, -0.2) is 11.8 Å². The van der Waals surface area contributed by atoms with Crippen molar-refractivity contribution >= 4 is 22.5 Å². The topological polar surface area (TPSA) is 43.4 Å². The fourth-order valence-electron chi connectivity index (χ4n) is 3.12. The van der Waals surface area contributed by atoms with Crippen molar-refractivity contribution in [1.29, 1.82) is 0 Å². The highest BCUT2D eigenvalue weighted by atomic mass is 16.5. The van der Waals surface area contributed by atoms with Gasteiger partial charge in [-0.3, -0.25) is 4.79 Å². The molecule has 1 aliphatic rings. The molecule has 0 bridgehead atoms. The number of cyclic esters (lactones) is 1. The van der Waals surface area contributed by atoms with E-state index < -0.39 is 6.10 Å². The van der Waals surface area contributed by atoms with Crippen LogP contribution in [0.5, 0.6) is 0 Å². The average Bonchev–Trinajstić information content (AvgIpc) is 2.91. The number of benzene rings is 3. The van der Waals surface area contributed by atoms with Gasteiger partial charge in [-0.25, -0.2) is 4.79 Å². The Morgan fingerprint density at radius 3 is 2.57 bits per heavy atom. The summed E-state index contributed by atoms with van der Waals surface area (Å²) in [6.45, 7) is 0. The largest absolute Gasteiger partial charge is 0.453 e. The molecule has 23 heavy (non-hydrogen) atoms. The molecule has 0 aromatic heterocycles. The van der Waals surface area contributed by atoms with Crippen LogP contribution in [0.4, 0.5) is 0 Å². The van der Waals surface area contributed by atoms with Crippen molar-refractivity contribution in [2.24, 2.45) is 0 Å². The predicted octanol–water partition coefficient (Wildman–Crippen LogP) is 4.32. The Morgan fingerprint density at radius 1 is 0.913 bits per heavy atom. The lowest BCUT2D eigenvalue weighted by molar-refractivity contribution is 0.0367. The molecule has 1 heterocycles. The number of carbonyl (C=O) groups is 2. The summed E-state index contributed by atoms with van der Waals surface area (Å²) in [5, 5.41) is 1.96. The number of hydrogen-bond donors (Lipinski definition) is 0. The van der Waals surface area contributed by atoms with Gasteiger partial charge < -0.3 is 4.74 Å². The summed E-state index contributed by atoms with van der Waals surface area (Å²) in [5.41, 5.74) is 2.03. The summed E-state index contributed by atoms with van der Waals surface area (Å²) in [7, 11) is 0. The van der Waals surface area contributed by atoms with Crippen LogP contribution in [0.1, 0.15) is 38.8 Å². The minimum atomic E-state index is -0.495. The van der Waals surface area contributed by atoms with E-state index in [1.54, 1.807) is 12.1 Å². The third kappa shape index (κ3) is 2.30. The Kier molecular flexibility index (Phi) is 3.19. The van der Waals surface area contributed by atoms with E-state index in [2.05, 4.69) is 0 Å². The van der Waals surface area contributed by atoms with Crippen molar-refractivity contribution in [3.8, 4) is 0 Å². The van der Waals surface area contributed by atoms with Gasteiger partial charge in [0.25, 0.3) is 0 Å². The minimum absolute atomic E-state index is 0.0173. The SMILES string of the molecule is O=C1OC(CC(=O)c2cccc3ccccc23)c2ccccc21. The second kappa shape index (κ2) is 5.36. The van der Waals surface area contributed by atoms with E-state index in [0.717, 1.165) is 16.3 Å². The molecular formula is C20H14O3. The summed E-state index contributed by atoms with van der Waals surface area (Å²) in [6.07, 6.45) is -0.332. The van der Waals surface area contributed by atoms with E-state index in [9.17, 15) is 9.59 Å². The Bertz CT molecular complexity index is 922. The van der Waals surface area contributed by atoms with Crippen LogP contribution in [0.25, 0.3) is 10.8 Å². The van der Waals surface area contributed by atoms with Gasteiger partial charge >= 0.3 is 5.97 Å². The number of fused-ring (bicyclic) bond motifs is 2. The van der Waals surface area contributed by atoms with Gasteiger partial charge in [0.1, 0.15) is 6.10 Å². The van der Waals surface area contributed by atoms with Crippen LogP contribution in [0, 0.1) is 0 Å². The second-order valence-corrected chi connectivity index (χ2v) is 5.64. The monoisotopic (exact) mass is 302 g/mol. The van der Waals surface area contributed by atoms with Gasteiger partial charge in [0.15, 0.2) is 5.78 Å². The van der Waals surface area contributed by atoms with Gasteiger partial charge in [-0.05, 0) is 16.8 Å². The van der Waals surface area contributed by atoms with Crippen LogP contribution in [0.2, 0.25) is 0 Å². The molecule has 0 fully saturated rings. The van der Waals surface area contributed by atoms with Crippen LogP contribution >= 0.6 is 0 Å². The van der Waals surface area contributed by atoms with Crippen molar-refractivity contribution in [2.75, 3.05) is 0 Å². The maximum atomic E-state index is 12.7. The van der Waals surface area contributed by atoms with Crippen molar-refractivity contribution in [2.45, 2.75) is 12.5 Å². The van der Waals surface area contributed by atoms with Gasteiger partial charge in [0, 0.05) is 11.1 Å². The molecule has 3 nitrogen and oxygen atoms in total. The third-order valence-corrected chi connectivity index (χ3v) is 4.24. The molecule has 1 aliphatic heterocycles. The Balaban J connectivity index is 1.67. The Hall–Kier alpha value is -2.94. The number of rotatable bonds is 3. The lowest BCUT2D eigenvalue weighted by Gasteiger charge is -2.11. The second-order valence-electron chi connectivity index (χ2n) is 5.64. The van der Waals surface area contributed by atoms with Gasteiger partial charge in [-0.2, -0.15) is 0 Å². The number of esters is 1. The molecule has 4 rings (SSSR count). The van der Waals surface area contributed by atoms with Gasteiger partial charge in [-0.15, -0.1) is 0 Å². The van der Waals surface area contributed by atoms with E-state index in [-0.39, 0.29) is 18.2 Å². The average molecular weight is 302 g/mol. The molecule has 3 aromatic carbocycles.